The van der Waals surface area contributed by atoms with E-state index in [1.54, 1.807) is 0 Å². The van der Waals surface area contributed by atoms with Crippen LogP contribution in [0.3, 0.4) is 0 Å². The van der Waals surface area contributed by atoms with Crippen molar-refractivity contribution in [1.82, 2.24) is 9.62 Å². The van der Waals surface area contributed by atoms with Crippen LogP contribution in [-0.2, 0) is 10.0 Å². The molecule has 1 aromatic rings. The highest BCUT2D eigenvalue weighted by atomic mass is 32.2. The van der Waals surface area contributed by atoms with Crippen LogP contribution in [-0.4, -0.2) is 39.7 Å². The second-order valence-electron chi connectivity index (χ2n) is 4.56. The Balaban J connectivity index is 2.72. The zero-order valence-electron chi connectivity index (χ0n) is 11.3. The fraction of sp³-hybridized carbons (Fsp3) is 0.538. The first-order valence-electron chi connectivity index (χ1n) is 6.15. The van der Waals surface area contributed by atoms with Crippen LogP contribution in [0.15, 0.2) is 30.3 Å². The van der Waals surface area contributed by atoms with Gasteiger partial charge < -0.3 is 4.90 Å². The molecule has 1 N–H and O–H groups in total. The van der Waals surface area contributed by atoms with Crippen LogP contribution in [0.5, 0.6) is 0 Å². The fourth-order valence-electron chi connectivity index (χ4n) is 1.82. The van der Waals surface area contributed by atoms with Gasteiger partial charge in [-0.1, -0.05) is 37.3 Å². The van der Waals surface area contributed by atoms with Gasteiger partial charge in [0.1, 0.15) is 0 Å². The van der Waals surface area contributed by atoms with Crippen molar-refractivity contribution in [2.24, 2.45) is 0 Å². The van der Waals surface area contributed by atoms with Crippen molar-refractivity contribution in [3.8, 4) is 0 Å². The standard InChI is InChI=1S/C13H22N2O2S/c1-4-10-18(16,17)14-11-13(15(2)3)12-8-6-5-7-9-12/h5-9,13-14H,4,10-11H2,1-3H3. The summed E-state index contributed by atoms with van der Waals surface area (Å²) in [5, 5.41) is 0. The molecule has 0 aliphatic carbocycles. The van der Waals surface area contributed by atoms with Gasteiger partial charge in [-0.2, -0.15) is 0 Å². The van der Waals surface area contributed by atoms with Gasteiger partial charge in [0.2, 0.25) is 10.0 Å². The van der Waals surface area contributed by atoms with E-state index in [1.807, 2.05) is 56.3 Å². The van der Waals surface area contributed by atoms with E-state index >= 15 is 0 Å². The van der Waals surface area contributed by atoms with Gasteiger partial charge >= 0.3 is 0 Å². The van der Waals surface area contributed by atoms with Crippen LogP contribution < -0.4 is 4.72 Å². The molecule has 5 heteroatoms. The second kappa shape index (κ2) is 6.87. The predicted octanol–water partition coefficient (Wildman–Crippen LogP) is 1.62. The summed E-state index contributed by atoms with van der Waals surface area (Å²) in [4.78, 5) is 2.02. The Morgan fingerprint density at radius 2 is 1.83 bits per heavy atom. The monoisotopic (exact) mass is 270 g/mol. The maximum absolute atomic E-state index is 11.7. The third-order valence-electron chi connectivity index (χ3n) is 2.78. The molecule has 0 spiro atoms. The molecular formula is C13H22N2O2S. The zero-order chi connectivity index (χ0) is 13.6. The van der Waals surface area contributed by atoms with Crippen molar-refractivity contribution in [3.63, 3.8) is 0 Å². The minimum absolute atomic E-state index is 0.0535. The molecule has 0 aliphatic rings. The lowest BCUT2D eigenvalue weighted by Crippen LogP contribution is -2.35. The summed E-state index contributed by atoms with van der Waals surface area (Å²) in [5.74, 6) is 0.182. The molecule has 18 heavy (non-hydrogen) atoms. The van der Waals surface area contributed by atoms with Crippen molar-refractivity contribution in [1.29, 1.82) is 0 Å². The zero-order valence-corrected chi connectivity index (χ0v) is 12.1. The molecule has 1 rings (SSSR count). The lowest BCUT2D eigenvalue weighted by atomic mass is 10.1. The Morgan fingerprint density at radius 1 is 1.22 bits per heavy atom. The molecule has 0 aliphatic heterocycles. The van der Waals surface area contributed by atoms with Gasteiger partial charge in [-0.15, -0.1) is 0 Å². The van der Waals surface area contributed by atoms with E-state index in [-0.39, 0.29) is 11.8 Å². The Bertz CT molecular complexity index is 443. The van der Waals surface area contributed by atoms with Crippen molar-refractivity contribution in [2.45, 2.75) is 19.4 Å². The molecule has 0 heterocycles. The Labute approximate surface area is 110 Å². The van der Waals surface area contributed by atoms with Crippen molar-refractivity contribution >= 4 is 10.0 Å². The molecule has 0 saturated carbocycles. The first kappa shape index (κ1) is 15.1. The highest BCUT2D eigenvalue weighted by Gasteiger charge is 2.17. The van der Waals surface area contributed by atoms with E-state index in [2.05, 4.69) is 4.72 Å². The molecular weight excluding hydrogens is 248 g/mol. The largest absolute Gasteiger partial charge is 0.301 e. The first-order chi connectivity index (χ1) is 8.46. The number of likely N-dealkylation sites (N-methyl/N-ethyl adjacent to an activating group) is 1. The van der Waals surface area contributed by atoms with E-state index in [0.717, 1.165) is 5.56 Å². The molecule has 0 radical (unpaired) electrons. The lowest BCUT2D eigenvalue weighted by molar-refractivity contribution is 0.299. The number of rotatable bonds is 7. The summed E-state index contributed by atoms with van der Waals surface area (Å²) >= 11 is 0. The normalized spacial score (nSPS) is 13.8. The molecule has 1 unspecified atom stereocenters. The summed E-state index contributed by atoms with van der Waals surface area (Å²) in [6.07, 6.45) is 0.632. The first-order valence-corrected chi connectivity index (χ1v) is 7.80. The number of benzene rings is 1. The van der Waals surface area contributed by atoms with Gasteiger partial charge in [0, 0.05) is 12.6 Å². The summed E-state index contributed by atoms with van der Waals surface area (Å²) in [6, 6.07) is 9.96. The molecule has 4 nitrogen and oxygen atoms in total. The highest BCUT2D eigenvalue weighted by Crippen LogP contribution is 2.16. The number of nitrogens with zero attached hydrogens (tertiary/aromatic N) is 1. The molecule has 0 fully saturated rings. The second-order valence-corrected chi connectivity index (χ2v) is 6.48. The Kier molecular flexibility index (Phi) is 5.78. The lowest BCUT2D eigenvalue weighted by Gasteiger charge is -2.25. The van der Waals surface area contributed by atoms with Crippen LogP contribution >= 0.6 is 0 Å². The Hall–Kier alpha value is -0.910. The highest BCUT2D eigenvalue weighted by molar-refractivity contribution is 7.89. The van der Waals surface area contributed by atoms with E-state index in [4.69, 9.17) is 0 Å². The predicted molar refractivity (Wildman–Crippen MR) is 75.0 cm³/mol. The van der Waals surface area contributed by atoms with E-state index in [0.29, 0.717) is 13.0 Å². The maximum atomic E-state index is 11.7. The third-order valence-corrected chi connectivity index (χ3v) is 4.33. The Morgan fingerprint density at radius 3 is 2.33 bits per heavy atom. The van der Waals surface area contributed by atoms with Gasteiger partial charge in [-0.25, -0.2) is 13.1 Å². The molecule has 1 atom stereocenters. The average molecular weight is 270 g/mol. The van der Waals surface area contributed by atoms with E-state index in [9.17, 15) is 8.42 Å². The van der Waals surface area contributed by atoms with Gasteiger partial charge in [-0.3, -0.25) is 0 Å². The topological polar surface area (TPSA) is 49.4 Å². The SMILES string of the molecule is CCCS(=O)(=O)NCC(c1ccccc1)N(C)C. The van der Waals surface area contributed by atoms with Crippen LogP contribution in [0.1, 0.15) is 24.9 Å². The third kappa shape index (κ3) is 4.76. The van der Waals surface area contributed by atoms with E-state index < -0.39 is 10.0 Å². The average Bonchev–Trinajstić information content (AvgIpc) is 2.30. The van der Waals surface area contributed by atoms with Gasteiger partial charge in [-0.05, 0) is 26.1 Å². The van der Waals surface area contributed by atoms with Gasteiger partial charge in [0.15, 0.2) is 0 Å². The van der Waals surface area contributed by atoms with Crippen molar-refractivity contribution < 1.29 is 8.42 Å². The number of sulfonamides is 1. The molecule has 0 amide bonds. The van der Waals surface area contributed by atoms with Crippen LogP contribution in [0.2, 0.25) is 0 Å². The van der Waals surface area contributed by atoms with Crippen LogP contribution in [0.25, 0.3) is 0 Å². The summed E-state index contributed by atoms with van der Waals surface area (Å²) < 4.78 is 26.0. The van der Waals surface area contributed by atoms with Crippen LogP contribution in [0, 0.1) is 0 Å². The van der Waals surface area contributed by atoms with Crippen molar-refractivity contribution in [3.05, 3.63) is 35.9 Å². The van der Waals surface area contributed by atoms with Gasteiger partial charge in [0.25, 0.3) is 0 Å². The molecule has 0 aromatic heterocycles. The maximum Gasteiger partial charge on any atom is 0.211 e. The minimum atomic E-state index is -3.14. The van der Waals surface area contributed by atoms with Crippen LogP contribution in [0.4, 0.5) is 0 Å². The molecule has 0 bridgehead atoms. The molecule has 0 saturated heterocycles. The number of hydrogen-bond donors (Lipinski definition) is 1. The number of nitrogens with one attached hydrogen (secondary N) is 1. The fourth-order valence-corrected chi connectivity index (χ4v) is 2.91. The minimum Gasteiger partial charge on any atom is -0.301 e. The quantitative estimate of drug-likeness (QED) is 0.819. The molecule has 1 aromatic carbocycles. The van der Waals surface area contributed by atoms with Gasteiger partial charge in [0.05, 0.1) is 5.75 Å². The summed E-state index contributed by atoms with van der Waals surface area (Å²) in [5.41, 5.74) is 1.11. The molecule has 102 valence electrons. The van der Waals surface area contributed by atoms with Crippen molar-refractivity contribution in [2.75, 3.05) is 26.4 Å². The number of hydrogen-bond acceptors (Lipinski definition) is 3. The smallest absolute Gasteiger partial charge is 0.211 e. The van der Waals surface area contributed by atoms with E-state index in [1.165, 1.54) is 0 Å². The summed E-state index contributed by atoms with van der Waals surface area (Å²) in [6.45, 7) is 2.26. The summed E-state index contributed by atoms with van der Waals surface area (Å²) in [7, 11) is 0.755.